The lowest BCUT2D eigenvalue weighted by Crippen LogP contribution is -2.34. The first-order valence-corrected chi connectivity index (χ1v) is 6.45. The van der Waals surface area contributed by atoms with Crippen LogP contribution in [0.2, 0.25) is 0 Å². The maximum atomic E-state index is 5.65. The summed E-state index contributed by atoms with van der Waals surface area (Å²) in [5, 5.41) is 0. The molecule has 0 saturated heterocycles. The molecule has 6 nitrogen and oxygen atoms in total. The van der Waals surface area contributed by atoms with E-state index in [-0.39, 0.29) is 24.2 Å². The largest absolute Gasteiger partial charge is 0.377 e. The van der Waals surface area contributed by atoms with Gasteiger partial charge in [0.15, 0.2) is 0 Å². The normalized spacial score (nSPS) is 18.3. The van der Waals surface area contributed by atoms with E-state index in [1.54, 1.807) is 0 Å². The Labute approximate surface area is 110 Å². The van der Waals surface area contributed by atoms with Gasteiger partial charge in [-0.2, -0.15) is 0 Å². The highest BCUT2D eigenvalue weighted by Crippen LogP contribution is 1.98. The third kappa shape index (κ3) is 12.2. The van der Waals surface area contributed by atoms with Gasteiger partial charge in [-0.25, -0.2) is 0 Å². The average Bonchev–Trinajstić information content (AvgIpc) is 2.24. The van der Waals surface area contributed by atoms with Crippen LogP contribution in [0.3, 0.4) is 0 Å². The molecule has 0 bridgehead atoms. The predicted octanol–water partition coefficient (Wildman–Crippen LogP) is -0.554. The van der Waals surface area contributed by atoms with Crippen molar-refractivity contribution in [3.8, 4) is 0 Å². The molecule has 0 amide bonds. The van der Waals surface area contributed by atoms with Crippen molar-refractivity contribution < 1.29 is 14.2 Å². The molecule has 0 aromatic carbocycles. The molecule has 0 spiro atoms. The van der Waals surface area contributed by atoms with Gasteiger partial charge in [-0.1, -0.05) is 0 Å². The summed E-state index contributed by atoms with van der Waals surface area (Å²) in [5.41, 5.74) is 16.9. The van der Waals surface area contributed by atoms with Gasteiger partial charge < -0.3 is 31.4 Å². The number of hydrogen-bond donors (Lipinski definition) is 3. The van der Waals surface area contributed by atoms with Gasteiger partial charge >= 0.3 is 0 Å². The zero-order chi connectivity index (χ0) is 14.0. The van der Waals surface area contributed by atoms with E-state index >= 15 is 0 Å². The molecule has 0 heterocycles. The second kappa shape index (κ2) is 10.7. The summed E-state index contributed by atoms with van der Waals surface area (Å²) < 4.78 is 16.5. The van der Waals surface area contributed by atoms with E-state index in [0.29, 0.717) is 33.0 Å². The predicted molar refractivity (Wildman–Crippen MR) is 72.3 cm³/mol. The van der Waals surface area contributed by atoms with Crippen molar-refractivity contribution in [2.45, 2.75) is 45.0 Å². The van der Waals surface area contributed by atoms with Gasteiger partial charge in [0.25, 0.3) is 0 Å². The second-order valence-corrected chi connectivity index (χ2v) is 4.96. The summed E-state index contributed by atoms with van der Waals surface area (Å²) in [5.74, 6) is 0. The molecule has 0 aliphatic rings. The molecule has 0 aromatic heterocycles. The third-order valence-electron chi connectivity index (χ3n) is 1.96. The van der Waals surface area contributed by atoms with E-state index in [4.69, 9.17) is 31.4 Å². The molecule has 110 valence electrons. The molecule has 0 saturated carbocycles. The molecule has 0 radical (unpaired) electrons. The topological polar surface area (TPSA) is 106 Å². The van der Waals surface area contributed by atoms with Gasteiger partial charge in [0.1, 0.15) is 6.10 Å². The Morgan fingerprint density at radius 1 is 0.667 bits per heavy atom. The van der Waals surface area contributed by atoms with Crippen molar-refractivity contribution in [2.75, 3.05) is 33.0 Å². The van der Waals surface area contributed by atoms with Gasteiger partial charge in [-0.15, -0.1) is 0 Å². The smallest absolute Gasteiger partial charge is 0.104 e. The van der Waals surface area contributed by atoms with Crippen LogP contribution in [-0.2, 0) is 14.2 Å². The van der Waals surface area contributed by atoms with Gasteiger partial charge in [0, 0.05) is 18.1 Å². The van der Waals surface area contributed by atoms with Crippen LogP contribution in [0.4, 0.5) is 0 Å². The van der Waals surface area contributed by atoms with Crippen molar-refractivity contribution in [2.24, 2.45) is 17.2 Å². The highest BCUT2D eigenvalue weighted by molar-refractivity contribution is 4.61. The maximum absolute atomic E-state index is 5.65. The molecule has 0 aliphatic heterocycles. The van der Waals surface area contributed by atoms with Crippen molar-refractivity contribution in [1.82, 2.24) is 0 Å². The lowest BCUT2D eigenvalue weighted by atomic mass is 10.3. The Balaban J connectivity index is 3.84. The van der Waals surface area contributed by atoms with Crippen LogP contribution in [0.1, 0.15) is 20.8 Å². The summed E-state index contributed by atoms with van der Waals surface area (Å²) in [4.78, 5) is 0. The number of ether oxygens (including phenoxy) is 3. The van der Waals surface area contributed by atoms with Crippen molar-refractivity contribution in [1.29, 1.82) is 0 Å². The first-order valence-electron chi connectivity index (χ1n) is 6.45. The number of rotatable bonds is 11. The van der Waals surface area contributed by atoms with Crippen LogP contribution in [0.5, 0.6) is 0 Å². The van der Waals surface area contributed by atoms with Crippen LogP contribution >= 0.6 is 0 Å². The summed E-state index contributed by atoms with van der Waals surface area (Å²) in [6, 6.07) is 0.0301. The van der Waals surface area contributed by atoms with E-state index in [1.165, 1.54) is 0 Å². The summed E-state index contributed by atoms with van der Waals surface area (Å²) in [6.07, 6.45) is -0.131. The molecule has 0 fully saturated rings. The van der Waals surface area contributed by atoms with E-state index in [0.717, 1.165) is 0 Å². The minimum absolute atomic E-state index is 0.00522. The van der Waals surface area contributed by atoms with Crippen LogP contribution in [0.25, 0.3) is 0 Å². The lowest BCUT2D eigenvalue weighted by molar-refractivity contribution is -0.0644. The van der Waals surface area contributed by atoms with Gasteiger partial charge in [0.2, 0.25) is 0 Å². The third-order valence-corrected chi connectivity index (χ3v) is 1.96. The molecule has 0 aliphatic carbocycles. The van der Waals surface area contributed by atoms with E-state index in [9.17, 15) is 0 Å². The Kier molecular flexibility index (Phi) is 10.5. The first kappa shape index (κ1) is 17.8. The van der Waals surface area contributed by atoms with E-state index in [2.05, 4.69) is 0 Å². The van der Waals surface area contributed by atoms with Crippen LogP contribution in [-0.4, -0.2) is 57.3 Å². The molecule has 3 unspecified atom stereocenters. The Hall–Kier alpha value is -0.240. The second-order valence-electron chi connectivity index (χ2n) is 4.96. The SMILES string of the molecule is CC(N)COCC(COCC(C)N)OCC(C)N. The van der Waals surface area contributed by atoms with Crippen LogP contribution in [0, 0.1) is 0 Å². The molecule has 0 rings (SSSR count). The zero-order valence-corrected chi connectivity index (χ0v) is 11.8. The highest BCUT2D eigenvalue weighted by Gasteiger charge is 2.12. The summed E-state index contributed by atoms with van der Waals surface area (Å²) in [7, 11) is 0. The minimum Gasteiger partial charge on any atom is -0.377 e. The maximum Gasteiger partial charge on any atom is 0.104 e. The lowest BCUT2D eigenvalue weighted by Gasteiger charge is -2.20. The monoisotopic (exact) mass is 263 g/mol. The number of nitrogens with two attached hydrogens (primary N) is 3. The average molecular weight is 263 g/mol. The minimum atomic E-state index is -0.131. The summed E-state index contributed by atoms with van der Waals surface area (Å²) >= 11 is 0. The van der Waals surface area contributed by atoms with Gasteiger partial charge in [-0.3, -0.25) is 0 Å². The van der Waals surface area contributed by atoms with Crippen molar-refractivity contribution >= 4 is 0 Å². The quantitative estimate of drug-likeness (QED) is 0.462. The highest BCUT2D eigenvalue weighted by atomic mass is 16.6. The molecule has 3 atom stereocenters. The molecule has 18 heavy (non-hydrogen) atoms. The fraction of sp³-hybridized carbons (Fsp3) is 1.00. The van der Waals surface area contributed by atoms with Crippen molar-refractivity contribution in [3.63, 3.8) is 0 Å². The first-order chi connectivity index (χ1) is 8.41. The zero-order valence-electron chi connectivity index (χ0n) is 11.8. The van der Waals surface area contributed by atoms with Crippen LogP contribution in [0.15, 0.2) is 0 Å². The molecule has 6 heteroatoms. The molecule has 0 aromatic rings. The fourth-order valence-electron chi connectivity index (χ4n) is 1.20. The number of hydrogen-bond acceptors (Lipinski definition) is 6. The van der Waals surface area contributed by atoms with Crippen molar-refractivity contribution in [3.05, 3.63) is 0 Å². The molecular formula is C12H29N3O3. The van der Waals surface area contributed by atoms with Gasteiger partial charge in [0.05, 0.1) is 33.0 Å². The summed E-state index contributed by atoms with van der Waals surface area (Å²) in [6.45, 7) is 8.07. The van der Waals surface area contributed by atoms with E-state index < -0.39 is 0 Å². The van der Waals surface area contributed by atoms with Crippen LogP contribution < -0.4 is 17.2 Å². The van der Waals surface area contributed by atoms with Gasteiger partial charge in [-0.05, 0) is 20.8 Å². The standard InChI is InChI=1S/C12H29N3O3/c1-9(13)4-16-7-12(18-6-11(3)15)8-17-5-10(2)14/h9-12H,4-8,13-15H2,1-3H3. The molecule has 6 N–H and O–H groups in total. The van der Waals surface area contributed by atoms with E-state index in [1.807, 2.05) is 20.8 Å². The Morgan fingerprint density at radius 3 is 1.39 bits per heavy atom. The Bertz CT molecular complexity index is 175. The Morgan fingerprint density at radius 2 is 1.06 bits per heavy atom. The molecular weight excluding hydrogens is 234 g/mol. The fourth-order valence-corrected chi connectivity index (χ4v) is 1.20.